The minimum absolute atomic E-state index is 0.447. The molecule has 1 aromatic rings. The molecule has 1 unspecified atom stereocenters. The highest BCUT2D eigenvalue weighted by Gasteiger charge is 2.43. The molecule has 0 amide bonds. The van der Waals surface area contributed by atoms with Crippen LogP contribution in [0.3, 0.4) is 0 Å². The second-order valence-corrected chi connectivity index (χ2v) is 4.81. The van der Waals surface area contributed by atoms with Crippen molar-refractivity contribution in [3.63, 3.8) is 0 Å². The van der Waals surface area contributed by atoms with Gasteiger partial charge in [-0.05, 0) is 39.8 Å². The summed E-state index contributed by atoms with van der Waals surface area (Å²) >= 11 is 0. The summed E-state index contributed by atoms with van der Waals surface area (Å²) < 4.78 is 5.22. The first-order valence-electron chi connectivity index (χ1n) is 5.27. The third-order valence-corrected chi connectivity index (χ3v) is 2.81. The van der Waals surface area contributed by atoms with E-state index in [1.54, 1.807) is 0 Å². The summed E-state index contributed by atoms with van der Waals surface area (Å²) in [6.07, 6.45) is 2.33. The van der Waals surface area contributed by atoms with Gasteiger partial charge in [-0.15, -0.1) is 0 Å². The summed E-state index contributed by atoms with van der Waals surface area (Å²) in [6, 6.07) is 0. The van der Waals surface area contributed by atoms with Gasteiger partial charge in [0.25, 0.3) is 0 Å². The van der Waals surface area contributed by atoms with Gasteiger partial charge in [-0.1, -0.05) is 5.16 Å². The predicted molar refractivity (Wildman–Crippen MR) is 56.0 cm³/mol. The van der Waals surface area contributed by atoms with Crippen molar-refractivity contribution >= 4 is 0 Å². The molecule has 5 heteroatoms. The van der Waals surface area contributed by atoms with E-state index in [0.717, 1.165) is 0 Å². The highest BCUT2D eigenvalue weighted by molar-refractivity contribution is 5.07. The van der Waals surface area contributed by atoms with Crippen LogP contribution in [0.2, 0.25) is 0 Å². The summed E-state index contributed by atoms with van der Waals surface area (Å²) in [7, 11) is 3.94. The highest BCUT2D eigenvalue weighted by Crippen LogP contribution is 2.43. The second kappa shape index (κ2) is 3.57. The molecule has 1 atom stereocenters. The predicted octanol–water partition coefficient (Wildman–Crippen LogP) is 0.715. The number of hydrogen-bond donors (Lipinski definition) is 1. The fourth-order valence-electron chi connectivity index (χ4n) is 1.68. The number of nitrogens with zero attached hydrogens (tertiary/aromatic N) is 3. The smallest absolute Gasteiger partial charge is 0.246 e. The number of aromatic nitrogens is 2. The zero-order valence-electron chi connectivity index (χ0n) is 9.53. The van der Waals surface area contributed by atoms with Crippen molar-refractivity contribution in [3.05, 3.63) is 11.7 Å². The minimum Gasteiger partial charge on any atom is -0.337 e. The number of rotatable bonds is 4. The van der Waals surface area contributed by atoms with E-state index in [1.165, 1.54) is 12.8 Å². The van der Waals surface area contributed by atoms with Crippen LogP contribution >= 0.6 is 0 Å². The zero-order chi connectivity index (χ0) is 11.1. The molecule has 0 aliphatic heterocycles. The molecule has 0 bridgehead atoms. The fraction of sp³-hybridized carbons (Fsp3) is 0.800. The van der Waals surface area contributed by atoms with Crippen molar-refractivity contribution < 1.29 is 4.52 Å². The summed E-state index contributed by atoms with van der Waals surface area (Å²) in [5, 5.41) is 3.93. The van der Waals surface area contributed by atoms with Crippen LogP contribution in [0.5, 0.6) is 0 Å². The highest BCUT2D eigenvalue weighted by atomic mass is 16.5. The summed E-state index contributed by atoms with van der Waals surface area (Å²) in [5.74, 6) is 1.78. The van der Waals surface area contributed by atoms with Gasteiger partial charge in [-0.2, -0.15) is 4.98 Å². The first kappa shape index (κ1) is 10.6. The molecule has 84 valence electrons. The molecule has 1 aromatic heterocycles. The van der Waals surface area contributed by atoms with Crippen molar-refractivity contribution in [2.24, 2.45) is 11.7 Å². The maximum absolute atomic E-state index is 6.18. The Morgan fingerprint density at radius 1 is 1.53 bits per heavy atom. The van der Waals surface area contributed by atoms with Gasteiger partial charge in [0, 0.05) is 0 Å². The van der Waals surface area contributed by atoms with Crippen molar-refractivity contribution in [1.29, 1.82) is 0 Å². The molecule has 0 saturated heterocycles. The third-order valence-electron chi connectivity index (χ3n) is 2.81. The third kappa shape index (κ3) is 2.18. The normalized spacial score (nSPS) is 20.6. The molecular formula is C10H18N4O. The van der Waals surface area contributed by atoms with E-state index < -0.39 is 5.54 Å². The molecule has 15 heavy (non-hydrogen) atoms. The first-order chi connectivity index (χ1) is 7.00. The second-order valence-electron chi connectivity index (χ2n) is 4.81. The van der Waals surface area contributed by atoms with Crippen LogP contribution in [0.15, 0.2) is 4.52 Å². The molecule has 0 aromatic carbocycles. The molecule has 1 aliphatic rings. The lowest BCUT2D eigenvalue weighted by molar-refractivity contribution is 0.270. The summed E-state index contributed by atoms with van der Waals surface area (Å²) in [5.41, 5.74) is 5.73. The van der Waals surface area contributed by atoms with Gasteiger partial charge in [0.2, 0.25) is 5.89 Å². The fourth-order valence-corrected chi connectivity index (χ4v) is 1.68. The van der Waals surface area contributed by atoms with Gasteiger partial charge in [-0.3, -0.25) is 0 Å². The molecule has 1 fully saturated rings. The number of nitrogens with two attached hydrogens (primary N) is 1. The van der Waals surface area contributed by atoms with E-state index in [4.69, 9.17) is 10.3 Å². The van der Waals surface area contributed by atoms with E-state index in [2.05, 4.69) is 10.1 Å². The SMILES string of the molecule is CN(C)Cc1noc(C(C)(N)C2CC2)n1. The molecular weight excluding hydrogens is 192 g/mol. The maximum atomic E-state index is 6.18. The van der Waals surface area contributed by atoms with Crippen molar-refractivity contribution in [2.75, 3.05) is 14.1 Å². The molecule has 1 aliphatic carbocycles. The van der Waals surface area contributed by atoms with Crippen LogP contribution in [-0.4, -0.2) is 29.1 Å². The molecule has 1 heterocycles. The number of hydrogen-bond acceptors (Lipinski definition) is 5. The standard InChI is InChI=1S/C10H18N4O/c1-10(11,7-4-5-7)9-12-8(13-15-9)6-14(2)3/h7H,4-6,11H2,1-3H3. The Labute approximate surface area is 89.6 Å². The van der Waals surface area contributed by atoms with Crippen LogP contribution in [-0.2, 0) is 12.1 Å². The molecule has 2 N–H and O–H groups in total. The Morgan fingerprint density at radius 3 is 2.73 bits per heavy atom. The first-order valence-corrected chi connectivity index (χ1v) is 5.27. The van der Waals surface area contributed by atoms with Crippen LogP contribution in [0.25, 0.3) is 0 Å². The van der Waals surface area contributed by atoms with Crippen LogP contribution in [0, 0.1) is 5.92 Å². The minimum atomic E-state index is -0.447. The Kier molecular flexibility index (Phi) is 2.52. The van der Waals surface area contributed by atoms with Gasteiger partial charge in [0.05, 0.1) is 12.1 Å². The van der Waals surface area contributed by atoms with E-state index >= 15 is 0 Å². The van der Waals surface area contributed by atoms with E-state index in [1.807, 2.05) is 25.9 Å². The van der Waals surface area contributed by atoms with Gasteiger partial charge >= 0.3 is 0 Å². The van der Waals surface area contributed by atoms with Crippen LogP contribution < -0.4 is 5.73 Å². The van der Waals surface area contributed by atoms with E-state index in [-0.39, 0.29) is 0 Å². The topological polar surface area (TPSA) is 68.2 Å². The Hall–Kier alpha value is -0.940. The van der Waals surface area contributed by atoms with Crippen LogP contribution in [0.4, 0.5) is 0 Å². The monoisotopic (exact) mass is 210 g/mol. The molecule has 5 nitrogen and oxygen atoms in total. The quantitative estimate of drug-likeness (QED) is 0.793. The average molecular weight is 210 g/mol. The Morgan fingerprint density at radius 2 is 2.20 bits per heavy atom. The van der Waals surface area contributed by atoms with Gasteiger partial charge in [0.15, 0.2) is 5.82 Å². The van der Waals surface area contributed by atoms with Crippen molar-refractivity contribution in [3.8, 4) is 0 Å². The van der Waals surface area contributed by atoms with Crippen molar-refractivity contribution in [2.45, 2.75) is 31.8 Å². The van der Waals surface area contributed by atoms with E-state index in [0.29, 0.717) is 24.2 Å². The lowest BCUT2D eigenvalue weighted by atomic mass is 9.97. The maximum Gasteiger partial charge on any atom is 0.246 e. The lowest BCUT2D eigenvalue weighted by Gasteiger charge is -2.18. The molecule has 0 spiro atoms. The molecule has 1 saturated carbocycles. The average Bonchev–Trinajstić information content (AvgIpc) is 2.88. The molecule has 2 rings (SSSR count). The van der Waals surface area contributed by atoms with E-state index in [9.17, 15) is 0 Å². The van der Waals surface area contributed by atoms with Gasteiger partial charge < -0.3 is 15.2 Å². The Bertz CT molecular complexity index is 341. The largest absolute Gasteiger partial charge is 0.337 e. The van der Waals surface area contributed by atoms with Crippen molar-refractivity contribution in [1.82, 2.24) is 15.0 Å². The molecule has 0 radical (unpaired) electrons. The zero-order valence-corrected chi connectivity index (χ0v) is 9.53. The Balaban J connectivity index is 2.12. The lowest BCUT2D eigenvalue weighted by Crippen LogP contribution is -2.35. The summed E-state index contributed by atoms with van der Waals surface area (Å²) in [4.78, 5) is 6.34. The van der Waals surface area contributed by atoms with Crippen LogP contribution in [0.1, 0.15) is 31.5 Å². The van der Waals surface area contributed by atoms with Gasteiger partial charge in [-0.25, -0.2) is 0 Å². The summed E-state index contributed by atoms with van der Waals surface area (Å²) in [6.45, 7) is 2.65. The van der Waals surface area contributed by atoms with Gasteiger partial charge in [0.1, 0.15) is 0 Å².